The lowest BCUT2D eigenvalue weighted by Gasteiger charge is -2.26. The highest BCUT2D eigenvalue weighted by Crippen LogP contribution is 2.15. The van der Waals surface area contributed by atoms with E-state index in [1.54, 1.807) is 0 Å². The molecule has 0 spiro atoms. The Morgan fingerprint density at radius 3 is 2.00 bits per heavy atom. The minimum absolute atomic E-state index is 0.237. The molecule has 1 amide bonds. The summed E-state index contributed by atoms with van der Waals surface area (Å²) in [5, 5.41) is 2.93. The average molecular weight is 225 g/mol. The molecule has 0 aromatic rings. The van der Waals surface area contributed by atoms with Gasteiger partial charge in [-0.15, -0.1) is 0 Å². The normalized spacial score (nSPS) is 19.3. The predicted molar refractivity (Wildman–Crippen MR) is 68.4 cm³/mol. The van der Waals surface area contributed by atoms with Gasteiger partial charge in [-0.25, -0.2) is 0 Å². The van der Waals surface area contributed by atoms with Crippen LogP contribution in [0.25, 0.3) is 0 Å². The molecule has 1 saturated heterocycles. The minimum atomic E-state index is 0.237. The van der Waals surface area contributed by atoms with Gasteiger partial charge in [0.2, 0.25) is 5.91 Å². The molecule has 0 radical (unpaired) electrons. The number of hydrogen-bond donors (Lipinski definition) is 1. The van der Waals surface area contributed by atoms with Crippen LogP contribution in [0.5, 0.6) is 0 Å². The summed E-state index contributed by atoms with van der Waals surface area (Å²) in [4.78, 5) is 10.7. The third kappa shape index (κ3) is 6.14. The van der Waals surface area contributed by atoms with E-state index in [2.05, 4.69) is 12.2 Å². The summed E-state index contributed by atoms with van der Waals surface area (Å²) in [6.07, 6.45) is 14.4. The molecule has 1 aliphatic heterocycles. The van der Waals surface area contributed by atoms with Crippen LogP contribution in [-0.4, -0.2) is 11.9 Å². The fourth-order valence-electron chi connectivity index (χ4n) is 2.31. The van der Waals surface area contributed by atoms with Gasteiger partial charge in [-0.3, -0.25) is 4.79 Å². The Labute approximate surface area is 100 Å². The monoisotopic (exact) mass is 225 g/mol. The quantitative estimate of drug-likeness (QED) is 0.445. The summed E-state index contributed by atoms with van der Waals surface area (Å²) in [7, 11) is 0. The van der Waals surface area contributed by atoms with Crippen molar-refractivity contribution in [1.29, 1.82) is 0 Å². The molecule has 1 fully saturated rings. The molecule has 2 heteroatoms. The molecule has 0 saturated carbocycles. The van der Waals surface area contributed by atoms with Gasteiger partial charge in [0.25, 0.3) is 0 Å². The lowest BCUT2D eigenvalue weighted by atomic mass is 9.98. The third-order valence-electron chi connectivity index (χ3n) is 3.45. The maximum atomic E-state index is 10.7. The third-order valence-corrected chi connectivity index (χ3v) is 3.45. The van der Waals surface area contributed by atoms with Crippen molar-refractivity contribution in [3.63, 3.8) is 0 Å². The predicted octanol–water partition coefficient (Wildman–Crippen LogP) is 3.80. The van der Waals surface area contributed by atoms with Crippen molar-refractivity contribution >= 4 is 5.91 Å². The molecule has 16 heavy (non-hydrogen) atoms. The largest absolute Gasteiger partial charge is 0.353 e. The molecule has 1 N–H and O–H groups in total. The van der Waals surface area contributed by atoms with E-state index in [0.29, 0.717) is 6.04 Å². The Bertz CT molecular complexity index is 183. The Hall–Kier alpha value is -0.530. The van der Waals surface area contributed by atoms with Crippen molar-refractivity contribution in [1.82, 2.24) is 5.32 Å². The summed E-state index contributed by atoms with van der Waals surface area (Å²) in [5.41, 5.74) is 0. The van der Waals surface area contributed by atoms with Crippen molar-refractivity contribution in [2.75, 3.05) is 0 Å². The molecule has 1 aliphatic rings. The second-order valence-electron chi connectivity index (χ2n) is 5.09. The van der Waals surface area contributed by atoms with Gasteiger partial charge >= 0.3 is 0 Å². The Kier molecular flexibility index (Phi) is 7.28. The lowest BCUT2D eigenvalue weighted by Crippen LogP contribution is -2.48. The van der Waals surface area contributed by atoms with E-state index in [1.165, 1.54) is 64.2 Å². The first-order chi connectivity index (χ1) is 7.83. The van der Waals surface area contributed by atoms with Crippen LogP contribution in [0.15, 0.2) is 0 Å². The molecule has 1 rings (SSSR count). The highest BCUT2D eigenvalue weighted by atomic mass is 16.2. The number of carbonyl (C=O) groups excluding carboxylic acids is 1. The van der Waals surface area contributed by atoms with Crippen molar-refractivity contribution in [3.8, 4) is 0 Å². The maximum Gasteiger partial charge on any atom is 0.222 e. The van der Waals surface area contributed by atoms with E-state index >= 15 is 0 Å². The topological polar surface area (TPSA) is 29.1 Å². The van der Waals surface area contributed by atoms with Crippen LogP contribution in [0.1, 0.15) is 77.6 Å². The molecular formula is C14H27NO. The number of nitrogens with one attached hydrogen (secondary N) is 1. The first-order valence-electron chi connectivity index (χ1n) is 7.12. The van der Waals surface area contributed by atoms with E-state index in [9.17, 15) is 4.79 Å². The Morgan fingerprint density at radius 1 is 1.00 bits per heavy atom. The zero-order valence-electron chi connectivity index (χ0n) is 10.8. The van der Waals surface area contributed by atoms with E-state index in [-0.39, 0.29) is 5.91 Å². The van der Waals surface area contributed by atoms with Crippen molar-refractivity contribution < 1.29 is 4.79 Å². The summed E-state index contributed by atoms with van der Waals surface area (Å²) >= 11 is 0. The fraction of sp³-hybridized carbons (Fsp3) is 0.929. The molecule has 1 unspecified atom stereocenters. The summed E-state index contributed by atoms with van der Waals surface area (Å²) in [5.74, 6) is 0.237. The van der Waals surface area contributed by atoms with E-state index in [4.69, 9.17) is 0 Å². The molecule has 2 nitrogen and oxygen atoms in total. The molecule has 0 aliphatic carbocycles. The maximum absolute atomic E-state index is 10.7. The molecule has 0 bridgehead atoms. The van der Waals surface area contributed by atoms with Gasteiger partial charge in [0, 0.05) is 12.5 Å². The zero-order valence-corrected chi connectivity index (χ0v) is 10.8. The summed E-state index contributed by atoms with van der Waals surface area (Å²) in [6, 6.07) is 0.511. The summed E-state index contributed by atoms with van der Waals surface area (Å²) < 4.78 is 0. The van der Waals surface area contributed by atoms with Crippen molar-refractivity contribution in [3.05, 3.63) is 0 Å². The number of β-lactam (4-membered cyclic amide) rings is 1. The Balaban J connectivity index is 1.70. The van der Waals surface area contributed by atoms with Crippen LogP contribution < -0.4 is 5.32 Å². The number of hydrogen-bond acceptors (Lipinski definition) is 1. The standard InChI is InChI=1S/C14H27NO/c1-2-3-4-5-6-7-8-9-10-11-13-12-14(16)15-13/h13H,2-12H2,1H3,(H,15,16). The first kappa shape index (κ1) is 13.5. The van der Waals surface area contributed by atoms with Gasteiger partial charge < -0.3 is 5.32 Å². The highest BCUT2D eigenvalue weighted by Gasteiger charge is 2.23. The van der Waals surface area contributed by atoms with Crippen LogP contribution in [0.4, 0.5) is 0 Å². The molecule has 0 aromatic carbocycles. The minimum Gasteiger partial charge on any atom is -0.353 e. The molecule has 94 valence electrons. The van der Waals surface area contributed by atoms with Crippen LogP contribution in [0.3, 0.4) is 0 Å². The van der Waals surface area contributed by atoms with Crippen LogP contribution in [0.2, 0.25) is 0 Å². The second kappa shape index (κ2) is 8.60. The second-order valence-corrected chi connectivity index (χ2v) is 5.09. The average Bonchev–Trinajstić information content (AvgIpc) is 2.24. The smallest absolute Gasteiger partial charge is 0.222 e. The van der Waals surface area contributed by atoms with Gasteiger partial charge in [0.05, 0.1) is 0 Å². The number of amides is 1. The highest BCUT2D eigenvalue weighted by molar-refractivity contribution is 5.82. The van der Waals surface area contributed by atoms with Gasteiger partial charge in [-0.1, -0.05) is 64.7 Å². The van der Waals surface area contributed by atoms with E-state index in [1.807, 2.05) is 0 Å². The zero-order chi connectivity index (χ0) is 11.6. The number of rotatable bonds is 10. The van der Waals surface area contributed by atoms with Gasteiger partial charge in [0.1, 0.15) is 0 Å². The van der Waals surface area contributed by atoms with Crippen LogP contribution >= 0.6 is 0 Å². The molecular weight excluding hydrogens is 198 g/mol. The van der Waals surface area contributed by atoms with Gasteiger partial charge in [0.15, 0.2) is 0 Å². The number of unbranched alkanes of at least 4 members (excludes halogenated alkanes) is 8. The summed E-state index contributed by atoms with van der Waals surface area (Å²) in [6.45, 7) is 2.26. The SMILES string of the molecule is CCCCCCCCCCCC1CC(=O)N1. The molecule has 0 aromatic heterocycles. The van der Waals surface area contributed by atoms with Gasteiger partial charge in [-0.2, -0.15) is 0 Å². The van der Waals surface area contributed by atoms with E-state index in [0.717, 1.165) is 6.42 Å². The number of carbonyl (C=O) groups is 1. The van der Waals surface area contributed by atoms with E-state index < -0.39 is 0 Å². The van der Waals surface area contributed by atoms with Crippen molar-refractivity contribution in [2.45, 2.75) is 83.6 Å². The first-order valence-corrected chi connectivity index (χ1v) is 7.12. The molecule has 1 atom stereocenters. The Morgan fingerprint density at radius 2 is 1.50 bits per heavy atom. The fourth-order valence-corrected chi connectivity index (χ4v) is 2.31. The van der Waals surface area contributed by atoms with Crippen LogP contribution in [-0.2, 0) is 4.79 Å². The van der Waals surface area contributed by atoms with Crippen molar-refractivity contribution in [2.24, 2.45) is 0 Å². The lowest BCUT2D eigenvalue weighted by molar-refractivity contribution is -0.128. The molecule has 1 heterocycles. The van der Waals surface area contributed by atoms with Crippen LogP contribution in [0, 0.1) is 0 Å². The van der Waals surface area contributed by atoms with Gasteiger partial charge in [-0.05, 0) is 6.42 Å².